The molecule has 1 aliphatic carbocycles. The Bertz CT molecular complexity index is 308. The van der Waals surface area contributed by atoms with Crippen molar-refractivity contribution >= 4 is 5.69 Å². The van der Waals surface area contributed by atoms with Crippen LogP contribution in [-0.2, 0) is 0 Å². The maximum Gasteiger partial charge on any atom is 0.163 e. The maximum absolute atomic E-state index is 5.34. The number of rotatable bonds is 3. The van der Waals surface area contributed by atoms with Crippen LogP contribution in [0.2, 0.25) is 0 Å². The highest BCUT2D eigenvalue weighted by Crippen LogP contribution is 2.45. The van der Waals surface area contributed by atoms with Crippen molar-refractivity contribution in [3.05, 3.63) is 18.0 Å². The van der Waals surface area contributed by atoms with E-state index in [2.05, 4.69) is 10.3 Å². The third kappa shape index (κ3) is 1.46. The van der Waals surface area contributed by atoms with Gasteiger partial charge in [-0.2, -0.15) is 0 Å². The van der Waals surface area contributed by atoms with Gasteiger partial charge in [0.1, 0.15) is 0 Å². The minimum Gasteiger partial charge on any atom is -0.493 e. The summed E-state index contributed by atoms with van der Waals surface area (Å²) in [7, 11) is 3.60. The van der Waals surface area contributed by atoms with Crippen LogP contribution in [0.5, 0.6) is 5.75 Å². The van der Waals surface area contributed by atoms with E-state index in [9.17, 15) is 0 Å². The molecule has 0 unspecified atom stereocenters. The molecule has 70 valence electrons. The Hall–Kier alpha value is -1.25. The van der Waals surface area contributed by atoms with Crippen molar-refractivity contribution in [2.24, 2.45) is 0 Å². The van der Waals surface area contributed by atoms with Crippen LogP contribution in [0.15, 0.2) is 12.3 Å². The van der Waals surface area contributed by atoms with Gasteiger partial charge >= 0.3 is 0 Å². The summed E-state index contributed by atoms with van der Waals surface area (Å²) in [6.07, 6.45) is 4.33. The van der Waals surface area contributed by atoms with Gasteiger partial charge in [0.05, 0.1) is 18.5 Å². The van der Waals surface area contributed by atoms with Gasteiger partial charge in [-0.05, 0) is 18.9 Å². The van der Waals surface area contributed by atoms with E-state index in [0.29, 0.717) is 5.92 Å². The molecular weight excluding hydrogens is 164 g/mol. The Morgan fingerprint density at radius 2 is 2.31 bits per heavy atom. The summed E-state index contributed by atoms with van der Waals surface area (Å²) in [4.78, 5) is 4.36. The van der Waals surface area contributed by atoms with Crippen LogP contribution < -0.4 is 10.1 Å². The van der Waals surface area contributed by atoms with E-state index < -0.39 is 0 Å². The number of nitrogens with zero attached hydrogens (tertiary/aromatic N) is 1. The molecule has 1 heterocycles. The van der Waals surface area contributed by atoms with E-state index in [4.69, 9.17) is 4.74 Å². The van der Waals surface area contributed by atoms with E-state index in [-0.39, 0.29) is 0 Å². The van der Waals surface area contributed by atoms with Gasteiger partial charge in [-0.3, -0.25) is 4.98 Å². The second-order valence-electron chi connectivity index (χ2n) is 3.30. The number of anilines is 1. The van der Waals surface area contributed by atoms with Crippen LogP contribution >= 0.6 is 0 Å². The van der Waals surface area contributed by atoms with Gasteiger partial charge < -0.3 is 10.1 Å². The highest BCUT2D eigenvalue weighted by atomic mass is 16.5. The van der Waals surface area contributed by atoms with Gasteiger partial charge in [0.15, 0.2) is 5.75 Å². The lowest BCUT2D eigenvalue weighted by Gasteiger charge is -2.11. The van der Waals surface area contributed by atoms with E-state index in [1.54, 1.807) is 7.11 Å². The van der Waals surface area contributed by atoms with Gasteiger partial charge in [0.2, 0.25) is 0 Å². The minimum atomic E-state index is 0.628. The van der Waals surface area contributed by atoms with Crippen LogP contribution in [-0.4, -0.2) is 19.1 Å². The molecule has 3 heteroatoms. The average molecular weight is 178 g/mol. The molecule has 1 aromatic rings. The molecule has 1 fully saturated rings. The van der Waals surface area contributed by atoms with E-state index in [1.807, 2.05) is 19.3 Å². The molecule has 0 radical (unpaired) electrons. The summed E-state index contributed by atoms with van der Waals surface area (Å²) in [6.45, 7) is 0. The highest BCUT2D eigenvalue weighted by molar-refractivity contribution is 5.58. The van der Waals surface area contributed by atoms with Crippen molar-refractivity contribution in [2.45, 2.75) is 18.8 Å². The SMILES string of the molecule is CNc1ccnc(C2CC2)c1OC. The normalized spacial score (nSPS) is 15.5. The summed E-state index contributed by atoms with van der Waals surface area (Å²) < 4.78 is 5.34. The molecule has 0 saturated heterocycles. The fourth-order valence-electron chi connectivity index (χ4n) is 1.52. The second-order valence-corrected chi connectivity index (χ2v) is 3.30. The number of ether oxygens (including phenoxy) is 1. The maximum atomic E-state index is 5.34. The molecule has 1 N–H and O–H groups in total. The van der Waals surface area contributed by atoms with Crippen LogP contribution in [0.25, 0.3) is 0 Å². The Kier molecular flexibility index (Phi) is 2.08. The summed E-state index contributed by atoms with van der Waals surface area (Å²) in [5, 5.41) is 3.10. The summed E-state index contributed by atoms with van der Waals surface area (Å²) in [5.41, 5.74) is 2.13. The van der Waals surface area contributed by atoms with Crippen molar-refractivity contribution in [1.82, 2.24) is 4.98 Å². The van der Waals surface area contributed by atoms with Crippen molar-refractivity contribution in [3.63, 3.8) is 0 Å². The lowest BCUT2D eigenvalue weighted by Crippen LogP contribution is -1.99. The van der Waals surface area contributed by atoms with Crippen molar-refractivity contribution < 1.29 is 4.74 Å². The fourth-order valence-corrected chi connectivity index (χ4v) is 1.52. The summed E-state index contributed by atoms with van der Waals surface area (Å²) >= 11 is 0. The number of nitrogens with one attached hydrogen (secondary N) is 1. The predicted molar refractivity (Wildman–Crippen MR) is 52.3 cm³/mol. The molecule has 1 aromatic heterocycles. The van der Waals surface area contributed by atoms with Gasteiger partial charge in [-0.25, -0.2) is 0 Å². The molecule has 0 aliphatic heterocycles. The van der Waals surface area contributed by atoms with Crippen molar-refractivity contribution in [2.75, 3.05) is 19.5 Å². The molecule has 1 saturated carbocycles. The van der Waals surface area contributed by atoms with Crippen molar-refractivity contribution in [1.29, 1.82) is 0 Å². The van der Waals surface area contributed by atoms with Gasteiger partial charge in [-0.15, -0.1) is 0 Å². The standard InChI is InChI=1S/C10H14N2O/c1-11-8-5-6-12-9(7-3-4-7)10(8)13-2/h5-7H,3-4H2,1-2H3,(H,11,12). The first-order valence-electron chi connectivity index (χ1n) is 4.57. The number of aromatic nitrogens is 1. The number of methoxy groups -OCH3 is 1. The largest absolute Gasteiger partial charge is 0.493 e. The highest BCUT2D eigenvalue weighted by Gasteiger charge is 2.29. The number of pyridine rings is 1. The molecular formula is C10H14N2O. The first-order chi connectivity index (χ1) is 6.36. The Labute approximate surface area is 78.1 Å². The predicted octanol–water partition coefficient (Wildman–Crippen LogP) is 2.01. The lowest BCUT2D eigenvalue weighted by molar-refractivity contribution is 0.409. The zero-order chi connectivity index (χ0) is 9.26. The molecule has 0 bridgehead atoms. The topological polar surface area (TPSA) is 34.2 Å². The smallest absolute Gasteiger partial charge is 0.163 e. The minimum absolute atomic E-state index is 0.628. The molecule has 0 aromatic carbocycles. The lowest BCUT2D eigenvalue weighted by atomic mass is 10.2. The van der Waals surface area contributed by atoms with E-state index in [0.717, 1.165) is 17.1 Å². The van der Waals surface area contributed by atoms with Gasteiger partial charge in [0, 0.05) is 19.2 Å². The van der Waals surface area contributed by atoms with E-state index >= 15 is 0 Å². The Balaban J connectivity index is 2.41. The van der Waals surface area contributed by atoms with Crippen LogP contribution in [0.3, 0.4) is 0 Å². The van der Waals surface area contributed by atoms with Gasteiger partial charge in [0.25, 0.3) is 0 Å². The molecule has 0 spiro atoms. The summed E-state index contributed by atoms with van der Waals surface area (Å²) in [6, 6.07) is 1.94. The Morgan fingerprint density at radius 1 is 1.54 bits per heavy atom. The monoisotopic (exact) mass is 178 g/mol. The number of hydrogen-bond acceptors (Lipinski definition) is 3. The molecule has 3 nitrogen and oxygen atoms in total. The van der Waals surface area contributed by atoms with Crippen LogP contribution in [0.1, 0.15) is 24.5 Å². The zero-order valence-corrected chi connectivity index (χ0v) is 8.00. The van der Waals surface area contributed by atoms with E-state index in [1.165, 1.54) is 12.8 Å². The first kappa shape index (κ1) is 8.35. The quantitative estimate of drug-likeness (QED) is 0.768. The van der Waals surface area contributed by atoms with Gasteiger partial charge in [-0.1, -0.05) is 0 Å². The van der Waals surface area contributed by atoms with Crippen molar-refractivity contribution in [3.8, 4) is 5.75 Å². The first-order valence-corrected chi connectivity index (χ1v) is 4.57. The molecule has 0 atom stereocenters. The zero-order valence-electron chi connectivity index (χ0n) is 8.00. The second kappa shape index (κ2) is 3.24. The molecule has 0 amide bonds. The number of hydrogen-bond donors (Lipinski definition) is 1. The fraction of sp³-hybridized carbons (Fsp3) is 0.500. The van der Waals surface area contributed by atoms with Crippen LogP contribution in [0.4, 0.5) is 5.69 Å². The molecule has 2 rings (SSSR count). The molecule has 1 aliphatic rings. The average Bonchev–Trinajstić information content (AvgIpc) is 2.99. The third-order valence-corrected chi connectivity index (χ3v) is 2.37. The van der Waals surface area contributed by atoms with Crippen LogP contribution in [0, 0.1) is 0 Å². The Morgan fingerprint density at radius 3 is 2.85 bits per heavy atom. The molecule has 13 heavy (non-hydrogen) atoms. The summed E-state index contributed by atoms with van der Waals surface area (Å²) in [5.74, 6) is 1.54. The third-order valence-electron chi connectivity index (χ3n) is 2.37.